The predicted molar refractivity (Wildman–Crippen MR) is 71.2 cm³/mol. The van der Waals surface area contributed by atoms with Crippen LogP contribution in [-0.4, -0.2) is 32.1 Å². The van der Waals surface area contributed by atoms with Crippen molar-refractivity contribution in [2.45, 2.75) is 23.3 Å². The lowest BCUT2D eigenvalue weighted by molar-refractivity contribution is 0.162. The van der Waals surface area contributed by atoms with Crippen LogP contribution in [0, 0.1) is 0 Å². The molecule has 0 amide bonds. The van der Waals surface area contributed by atoms with Crippen LogP contribution in [0.15, 0.2) is 29.2 Å². The first-order valence-electron chi connectivity index (χ1n) is 5.84. The Kier molecular flexibility index (Phi) is 3.57. The van der Waals surface area contributed by atoms with Crippen LogP contribution in [0.25, 0.3) is 0 Å². The van der Waals surface area contributed by atoms with Crippen molar-refractivity contribution in [3.8, 4) is 0 Å². The zero-order chi connectivity index (χ0) is 11.6. The molecule has 1 heterocycles. The molecular weight excluding hydrogens is 216 g/mol. The second-order valence-corrected chi connectivity index (χ2v) is 5.13. The Bertz CT molecular complexity index is 357. The molecule has 1 N–H and O–H groups in total. The number of nitrogens with one attached hydrogen (secondary N) is 1. The van der Waals surface area contributed by atoms with Gasteiger partial charge in [0.25, 0.3) is 0 Å². The van der Waals surface area contributed by atoms with Crippen molar-refractivity contribution in [3.05, 3.63) is 29.8 Å². The quantitative estimate of drug-likeness (QED) is 0.765. The Morgan fingerprint density at radius 3 is 2.44 bits per heavy atom. The van der Waals surface area contributed by atoms with Crippen molar-refractivity contribution in [1.29, 1.82) is 0 Å². The molecule has 3 heteroatoms. The van der Waals surface area contributed by atoms with Gasteiger partial charge in [0, 0.05) is 10.4 Å². The van der Waals surface area contributed by atoms with Gasteiger partial charge < -0.3 is 10.2 Å². The highest BCUT2D eigenvalue weighted by atomic mass is 32.1. The van der Waals surface area contributed by atoms with E-state index in [4.69, 9.17) is 0 Å². The molecule has 0 aromatic heterocycles. The summed E-state index contributed by atoms with van der Waals surface area (Å²) in [5.41, 5.74) is 1.46. The summed E-state index contributed by atoms with van der Waals surface area (Å²) in [5, 5.41) is 3.52. The number of rotatable bonds is 2. The van der Waals surface area contributed by atoms with E-state index in [0.717, 1.165) is 30.8 Å². The van der Waals surface area contributed by atoms with E-state index in [1.54, 1.807) is 0 Å². The van der Waals surface area contributed by atoms with Gasteiger partial charge in [0.15, 0.2) is 0 Å². The lowest BCUT2D eigenvalue weighted by Crippen LogP contribution is -2.49. The van der Waals surface area contributed by atoms with E-state index in [0.29, 0.717) is 0 Å². The maximum Gasteiger partial charge on any atom is 0.0467 e. The van der Waals surface area contributed by atoms with E-state index in [9.17, 15) is 0 Å². The standard InChI is InChI=1S/C13H20N2S/c1-14-13(7-9-15(2)10-8-13)11-5-3-4-6-12(11)16/h3-6,14,16H,7-10H2,1-2H3. The summed E-state index contributed by atoms with van der Waals surface area (Å²) >= 11 is 4.59. The van der Waals surface area contributed by atoms with Crippen molar-refractivity contribution in [2.24, 2.45) is 0 Å². The third-order valence-electron chi connectivity index (χ3n) is 3.74. The number of thiol groups is 1. The molecule has 1 fully saturated rings. The van der Waals surface area contributed by atoms with Gasteiger partial charge in [-0.05, 0) is 51.7 Å². The summed E-state index contributed by atoms with van der Waals surface area (Å²) in [7, 11) is 4.25. The van der Waals surface area contributed by atoms with E-state index in [-0.39, 0.29) is 5.54 Å². The van der Waals surface area contributed by atoms with Crippen LogP contribution in [-0.2, 0) is 5.54 Å². The van der Waals surface area contributed by atoms with Crippen molar-refractivity contribution in [3.63, 3.8) is 0 Å². The molecular formula is C13H20N2S. The van der Waals surface area contributed by atoms with Gasteiger partial charge in [-0.1, -0.05) is 18.2 Å². The Morgan fingerprint density at radius 2 is 1.88 bits per heavy atom. The first-order valence-corrected chi connectivity index (χ1v) is 6.28. The predicted octanol–water partition coefficient (Wildman–Crippen LogP) is 2.12. The highest BCUT2D eigenvalue weighted by Crippen LogP contribution is 2.35. The lowest BCUT2D eigenvalue weighted by atomic mass is 9.81. The zero-order valence-corrected chi connectivity index (χ0v) is 10.9. The minimum atomic E-state index is 0.116. The summed E-state index contributed by atoms with van der Waals surface area (Å²) in [5.74, 6) is 0. The van der Waals surface area contributed by atoms with Gasteiger partial charge in [0.05, 0.1) is 0 Å². The Morgan fingerprint density at radius 1 is 1.25 bits per heavy atom. The molecule has 0 aliphatic carbocycles. The minimum Gasteiger partial charge on any atom is -0.310 e. The first-order chi connectivity index (χ1) is 7.68. The van der Waals surface area contributed by atoms with Crippen LogP contribution < -0.4 is 5.32 Å². The molecule has 0 atom stereocenters. The maximum atomic E-state index is 4.59. The number of hydrogen-bond acceptors (Lipinski definition) is 3. The molecule has 1 aromatic carbocycles. The largest absolute Gasteiger partial charge is 0.310 e. The van der Waals surface area contributed by atoms with E-state index >= 15 is 0 Å². The zero-order valence-electron chi connectivity index (χ0n) is 10.0. The summed E-state index contributed by atoms with van der Waals surface area (Å²) in [4.78, 5) is 3.48. The smallest absolute Gasteiger partial charge is 0.0467 e. The van der Waals surface area contributed by atoms with Crippen molar-refractivity contribution < 1.29 is 0 Å². The molecule has 1 aliphatic rings. The van der Waals surface area contributed by atoms with Crippen molar-refractivity contribution in [1.82, 2.24) is 10.2 Å². The van der Waals surface area contributed by atoms with Gasteiger partial charge >= 0.3 is 0 Å². The molecule has 1 saturated heterocycles. The van der Waals surface area contributed by atoms with Crippen LogP contribution in [0.5, 0.6) is 0 Å². The summed E-state index contributed by atoms with van der Waals surface area (Å²) < 4.78 is 0. The van der Waals surface area contributed by atoms with Gasteiger partial charge in [0.2, 0.25) is 0 Å². The number of benzene rings is 1. The first kappa shape index (κ1) is 12.0. The average molecular weight is 236 g/mol. The fourth-order valence-electron chi connectivity index (χ4n) is 2.53. The Hall–Kier alpha value is -0.510. The van der Waals surface area contributed by atoms with Crippen LogP contribution in [0.4, 0.5) is 0 Å². The number of nitrogens with zero attached hydrogens (tertiary/aromatic N) is 1. The van der Waals surface area contributed by atoms with E-state index in [1.807, 2.05) is 6.07 Å². The maximum absolute atomic E-state index is 4.59. The molecule has 0 spiro atoms. The van der Waals surface area contributed by atoms with Gasteiger partial charge in [-0.3, -0.25) is 0 Å². The number of piperidine rings is 1. The lowest BCUT2D eigenvalue weighted by Gasteiger charge is -2.41. The summed E-state index contributed by atoms with van der Waals surface area (Å²) in [6, 6.07) is 8.43. The SMILES string of the molecule is CNC1(c2ccccc2S)CCN(C)CC1. The molecule has 0 unspecified atom stereocenters. The topological polar surface area (TPSA) is 15.3 Å². The van der Waals surface area contributed by atoms with E-state index < -0.39 is 0 Å². The van der Waals surface area contributed by atoms with Crippen LogP contribution in [0.2, 0.25) is 0 Å². The van der Waals surface area contributed by atoms with Gasteiger partial charge in [-0.2, -0.15) is 0 Å². The van der Waals surface area contributed by atoms with E-state index in [1.165, 1.54) is 5.56 Å². The minimum absolute atomic E-state index is 0.116. The van der Waals surface area contributed by atoms with Gasteiger partial charge in [-0.15, -0.1) is 12.6 Å². The molecule has 1 aliphatic heterocycles. The van der Waals surface area contributed by atoms with Crippen molar-refractivity contribution in [2.75, 3.05) is 27.2 Å². The Labute approximate surface area is 103 Å². The van der Waals surface area contributed by atoms with Gasteiger partial charge in [0.1, 0.15) is 0 Å². The van der Waals surface area contributed by atoms with Crippen LogP contribution >= 0.6 is 12.6 Å². The summed E-state index contributed by atoms with van der Waals surface area (Å²) in [6.07, 6.45) is 2.30. The monoisotopic (exact) mass is 236 g/mol. The molecule has 88 valence electrons. The molecule has 2 rings (SSSR count). The average Bonchev–Trinajstić information content (AvgIpc) is 2.32. The highest BCUT2D eigenvalue weighted by Gasteiger charge is 2.34. The van der Waals surface area contributed by atoms with Crippen LogP contribution in [0.1, 0.15) is 18.4 Å². The third kappa shape index (κ3) is 2.12. The fourth-order valence-corrected chi connectivity index (χ4v) is 2.91. The molecule has 0 bridgehead atoms. The van der Waals surface area contributed by atoms with E-state index in [2.05, 4.69) is 55.1 Å². The molecule has 1 aromatic rings. The molecule has 16 heavy (non-hydrogen) atoms. The highest BCUT2D eigenvalue weighted by molar-refractivity contribution is 7.80. The normalized spacial score (nSPS) is 20.9. The second-order valence-electron chi connectivity index (χ2n) is 4.65. The van der Waals surface area contributed by atoms with Gasteiger partial charge in [-0.25, -0.2) is 0 Å². The summed E-state index contributed by atoms with van der Waals surface area (Å²) in [6.45, 7) is 2.28. The van der Waals surface area contributed by atoms with Crippen LogP contribution in [0.3, 0.4) is 0 Å². The molecule has 2 nitrogen and oxygen atoms in total. The molecule has 0 saturated carbocycles. The Balaban J connectivity index is 2.32. The second kappa shape index (κ2) is 4.78. The number of hydrogen-bond donors (Lipinski definition) is 2. The third-order valence-corrected chi connectivity index (χ3v) is 4.13. The van der Waals surface area contributed by atoms with Crippen molar-refractivity contribution >= 4 is 12.6 Å². The number of likely N-dealkylation sites (tertiary alicyclic amines) is 1. The molecule has 0 radical (unpaired) electrons. The fraction of sp³-hybridized carbons (Fsp3) is 0.538.